The van der Waals surface area contributed by atoms with Gasteiger partial charge in [-0.1, -0.05) is 0 Å². The van der Waals surface area contributed by atoms with E-state index in [9.17, 15) is 4.79 Å². The molecule has 1 amide bonds. The molecular formula is C13H21N3O. The molecule has 94 valence electrons. The predicted molar refractivity (Wildman–Crippen MR) is 65.2 cm³/mol. The molecule has 0 bridgehead atoms. The topological polar surface area (TPSA) is 64.9 Å². The van der Waals surface area contributed by atoms with Crippen LogP contribution in [0.25, 0.3) is 0 Å². The highest BCUT2D eigenvalue weighted by Crippen LogP contribution is 2.47. The van der Waals surface area contributed by atoms with E-state index in [1.54, 1.807) is 0 Å². The van der Waals surface area contributed by atoms with Crippen LogP contribution in [0.3, 0.4) is 0 Å². The van der Waals surface area contributed by atoms with Crippen molar-refractivity contribution in [1.82, 2.24) is 10.6 Å². The number of carbonyl (C=O) groups is 1. The summed E-state index contributed by atoms with van der Waals surface area (Å²) in [4.78, 5) is 11.4. The summed E-state index contributed by atoms with van der Waals surface area (Å²) in [5.41, 5.74) is 0.269. The second-order valence-corrected chi connectivity index (χ2v) is 5.46. The lowest BCUT2D eigenvalue weighted by Crippen LogP contribution is -2.28. The first-order chi connectivity index (χ1) is 8.24. The standard InChI is InChI=1S/C13H21N3O/c14-8-7-13(5-6-13)10-15-9-1-2-12(17)16-11-3-4-11/h11,15H,1-7,9-10H2,(H,16,17). The number of nitrogens with zero attached hydrogens (tertiary/aromatic N) is 1. The van der Waals surface area contributed by atoms with E-state index < -0.39 is 0 Å². The summed E-state index contributed by atoms with van der Waals surface area (Å²) in [6.45, 7) is 1.82. The molecule has 0 aromatic rings. The number of carbonyl (C=O) groups excluding carboxylic acids is 1. The highest BCUT2D eigenvalue weighted by atomic mass is 16.1. The molecule has 0 radical (unpaired) electrons. The Morgan fingerprint density at radius 1 is 1.41 bits per heavy atom. The molecule has 0 aromatic heterocycles. The zero-order valence-corrected chi connectivity index (χ0v) is 10.3. The van der Waals surface area contributed by atoms with Gasteiger partial charge in [-0.15, -0.1) is 0 Å². The second-order valence-electron chi connectivity index (χ2n) is 5.46. The summed E-state index contributed by atoms with van der Waals surface area (Å²) in [6.07, 6.45) is 6.84. The molecule has 2 saturated carbocycles. The number of hydrogen-bond donors (Lipinski definition) is 2. The summed E-state index contributed by atoms with van der Waals surface area (Å²) in [5, 5.41) is 15.0. The molecule has 0 atom stereocenters. The molecule has 2 rings (SSSR count). The Kier molecular flexibility index (Phi) is 4.01. The first-order valence-electron chi connectivity index (χ1n) is 6.61. The molecular weight excluding hydrogens is 214 g/mol. The van der Waals surface area contributed by atoms with Crippen LogP contribution in [0, 0.1) is 16.7 Å². The molecule has 2 aliphatic rings. The molecule has 0 spiro atoms. The van der Waals surface area contributed by atoms with E-state index in [0.29, 0.717) is 18.9 Å². The number of hydrogen-bond acceptors (Lipinski definition) is 3. The van der Waals surface area contributed by atoms with E-state index in [1.165, 1.54) is 12.8 Å². The van der Waals surface area contributed by atoms with Gasteiger partial charge in [0.25, 0.3) is 0 Å². The molecule has 4 nitrogen and oxygen atoms in total. The van der Waals surface area contributed by atoms with Crippen molar-refractivity contribution < 1.29 is 4.79 Å². The third-order valence-electron chi connectivity index (χ3n) is 3.61. The van der Waals surface area contributed by atoms with Crippen LogP contribution in [0.1, 0.15) is 44.9 Å². The Morgan fingerprint density at radius 3 is 2.76 bits per heavy atom. The molecule has 2 N–H and O–H groups in total. The van der Waals surface area contributed by atoms with Crippen LogP contribution in [-0.4, -0.2) is 25.0 Å². The van der Waals surface area contributed by atoms with Gasteiger partial charge in [0, 0.05) is 25.4 Å². The van der Waals surface area contributed by atoms with E-state index in [-0.39, 0.29) is 11.3 Å². The van der Waals surface area contributed by atoms with Crippen LogP contribution in [0.5, 0.6) is 0 Å². The van der Waals surface area contributed by atoms with Gasteiger partial charge < -0.3 is 10.6 Å². The Balaban J connectivity index is 1.46. The van der Waals surface area contributed by atoms with Crippen molar-refractivity contribution in [2.45, 2.75) is 51.0 Å². The van der Waals surface area contributed by atoms with Gasteiger partial charge in [-0.3, -0.25) is 4.79 Å². The predicted octanol–water partition coefficient (Wildman–Crippen LogP) is 1.33. The van der Waals surface area contributed by atoms with Crippen LogP contribution >= 0.6 is 0 Å². The number of rotatable bonds is 8. The number of nitriles is 1. The van der Waals surface area contributed by atoms with Crippen molar-refractivity contribution >= 4 is 5.91 Å². The maximum Gasteiger partial charge on any atom is 0.220 e. The Morgan fingerprint density at radius 2 is 2.18 bits per heavy atom. The van der Waals surface area contributed by atoms with E-state index >= 15 is 0 Å². The number of nitrogens with one attached hydrogen (secondary N) is 2. The Labute approximate surface area is 103 Å². The Bertz CT molecular complexity index is 313. The molecule has 0 unspecified atom stereocenters. The molecule has 0 saturated heterocycles. The van der Waals surface area contributed by atoms with Crippen molar-refractivity contribution in [3.63, 3.8) is 0 Å². The van der Waals surface area contributed by atoms with Crippen molar-refractivity contribution in [2.75, 3.05) is 13.1 Å². The minimum Gasteiger partial charge on any atom is -0.353 e. The smallest absolute Gasteiger partial charge is 0.220 e. The first-order valence-corrected chi connectivity index (χ1v) is 6.61. The summed E-state index contributed by atoms with van der Waals surface area (Å²) in [5.74, 6) is 0.187. The lowest BCUT2D eigenvalue weighted by atomic mass is 10.0. The third-order valence-corrected chi connectivity index (χ3v) is 3.61. The summed E-state index contributed by atoms with van der Waals surface area (Å²) >= 11 is 0. The highest BCUT2D eigenvalue weighted by Gasteiger charge is 2.41. The van der Waals surface area contributed by atoms with Crippen molar-refractivity contribution in [1.29, 1.82) is 5.26 Å². The van der Waals surface area contributed by atoms with E-state index in [1.807, 2.05) is 0 Å². The van der Waals surface area contributed by atoms with Crippen LogP contribution in [-0.2, 0) is 4.79 Å². The van der Waals surface area contributed by atoms with E-state index in [4.69, 9.17) is 5.26 Å². The summed E-state index contributed by atoms with van der Waals surface area (Å²) < 4.78 is 0. The van der Waals surface area contributed by atoms with Crippen molar-refractivity contribution in [2.24, 2.45) is 5.41 Å². The van der Waals surface area contributed by atoms with Gasteiger partial charge in [0.15, 0.2) is 0 Å². The maximum atomic E-state index is 11.4. The van der Waals surface area contributed by atoms with Crippen molar-refractivity contribution in [3.8, 4) is 6.07 Å². The lowest BCUT2D eigenvalue weighted by Gasteiger charge is -2.11. The molecule has 0 heterocycles. The van der Waals surface area contributed by atoms with Gasteiger partial charge >= 0.3 is 0 Å². The number of amides is 1. The molecule has 2 fully saturated rings. The van der Waals surface area contributed by atoms with Crippen molar-refractivity contribution in [3.05, 3.63) is 0 Å². The van der Waals surface area contributed by atoms with Gasteiger partial charge in [0.05, 0.1) is 6.07 Å². The van der Waals surface area contributed by atoms with Gasteiger partial charge in [-0.25, -0.2) is 0 Å². The quantitative estimate of drug-likeness (QED) is 0.624. The monoisotopic (exact) mass is 235 g/mol. The lowest BCUT2D eigenvalue weighted by molar-refractivity contribution is -0.121. The second kappa shape index (κ2) is 5.50. The van der Waals surface area contributed by atoms with Gasteiger partial charge in [-0.05, 0) is 44.1 Å². The first kappa shape index (κ1) is 12.4. The zero-order chi connectivity index (χ0) is 12.1. The third kappa shape index (κ3) is 4.35. The SMILES string of the molecule is N#CCC1(CNCCCC(=O)NC2CC2)CC1. The highest BCUT2D eigenvalue weighted by molar-refractivity contribution is 5.76. The normalized spacial score (nSPS) is 20.6. The zero-order valence-electron chi connectivity index (χ0n) is 10.3. The fraction of sp³-hybridized carbons (Fsp3) is 0.846. The Hall–Kier alpha value is -1.08. The molecule has 0 aromatic carbocycles. The summed E-state index contributed by atoms with van der Waals surface area (Å²) in [6, 6.07) is 2.73. The average Bonchev–Trinajstić information content (AvgIpc) is 3.17. The minimum atomic E-state index is 0.187. The van der Waals surface area contributed by atoms with E-state index in [2.05, 4.69) is 16.7 Å². The van der Waals surface area contributed by atoms with Gasteiger partial charge in [0.2, 0.25) is 5.91 Å². The summed E-state index contributed by atoms with van der Waals surface area (Å²) in [7, 11) is 0. The fourth-order valence-electron chi connectivity index (χ4n) is 2.02. The van der Waals surface area contributed by atoms with Gasteiger partial charge in [0.1, 0.15) is 0 Å². The molecule has 2 aliphatic carbocycles. The molecule has 17 heavy (non-hydrogen) atoms. The molecule has 4 heteroatoms. The van der Waals surface area contributed by atoms with Crippen LogP contribution in [0.2, 0.25) is 0 Å². The molecule has 0 aliphatic heterocycles. The average molecular weight is 235 g/mol. The van der Waals surface area contributed by atoms with Crippen LogP contribution < -0.4 is 10.6 Å². The van der Waals surface area contributed by atoms with Crippen LogP contribution in [0.4, 0.5) is 0 Å². The minimum absolute atomic E-state index is 0.187. The fourth-order valence-corrected chi connectivity index (χ4v) is 2.02. The van der Waals surface area contributed by atoms with Gasteiger partial charge in [-0.2, -0.15) is 5.26 Å². The largest absolute Gasteiger partial charge is 0.353 e. The van der Waals surface area contributed by atoms with E-state index in [0.717, 1.165) is 32.4 Å². The van der Waals surface area contributed by atoms with Crippen LogP contribution in [0.15, 0.2) is 0 Å². The maximum absolute atomic E-state index is 11.4.